The maximum Gasteiger partial charge on any atom is 0.123 e. The number of hydrogen-bond donors (Lipinski definition) is 1. The van der Waals surface area contributed by atoms with Crippen molar-refractivity contribution < 1.29 is 14.2 Å². The summed E-state index contributed by atoms with van der Waals surface area (Å²) in [5.74, 6) is 0.326. The van der Waals surface area contributed by atoms with Crippen LogP contribution in [0.3, 0.4) is 0 Å². The van der Waals surface area contributed by atoms with Crippen molar-refractivity contribution in [3.05, 3.63) is 29.6 Å². The molecule has 1 aromatic carbocycles. The van der Waals surface area contributed by atoms with Gasteiger partial charge in [0, 0.05) is 0 Å². The summed E-state index contributed by atoms with van der Waals surface area (Å²) in [6.45, 7) is 5.28. The maximum atomic E-state index is 12.7. The number of aliphatic hydroxyl groups is 1. The van der Waals surface area contributed by atoms with Gasteiger partial charge < -0.3 is 9.84 Å². The summed E-state index contributed by atoms with van der Waals surface area (Å²) in [6, 6.07) is 4.31. The predicted molar refractivity (Wildman–Crippen MR) is 52.9 cm³/mol. The number of rotatable bonds is 3. The zero-order valence-corrected chi connectivity index (χ0v) is 8.67. The molecule has 78 valence electrons. The molecule has 0 saturated carbocycles. The van der Waals surface area contributed by atoms with E-state index in [0.29, 0.717) is 5.75 Å². The molecule has 0 saturated heterocycles. The fraction of sp³-hybridized carbons (Fsp3) is 0.455. The molecule has 0 fully saturated rings. The highest BCUT2D eigenvalue weighted by Crippen LogP contribution is 2.19. The normalized spacial score (nSPS) is 11.5. The Morgan fingerprint density at radius 3 is 2.57 bits per heavy atom. The van der Waals surface area contributed by atoms with Gasteiger partial charge in [0.15, 0.2) is 0 Å². The molecule has 14 heavy (non-hydrogen) atoms. The van der Waals surface area contributed by atoms with Crippen LogP contribution in [0.4, 0.5) is 4.39 Å². The highest BCUT2D eigenvalue weighted by molar-refractivity contribution is 5.32. The van der Waals surface area contributed by atoms with E-state index in [1.54, 1.807) is 26.8 Å². The topological polar surface area (TPSA) is 29.5 Å². The summed E-state index contributed by atoms with van der Waals surface area (Å²) < 4.78 is 18.1. The van der Waals surface area contributed by atoms with Gasteiger partial charge in [-0.05, 0) is 44.5 Å². The SMILES string of the molecule is Cc1cc(F)ccc1OCC(C)(C)O. The van der Waals surface area contributed by atoms with Gasteiger partial charge in [-0.15, -0.1) is 0 Å². The highest BCUT2D eigenvalue weighted by Gasteiger charge is 2.13. The van der Waals surface area contributed by atoms with E-state index in [4.69, 9.17) is 4.74 Å². The molecule has 1 aromatic rings. The van der Waals surface area contributed by atoms with Gasteiger partial charge in [-0.3, -0.25) is 0 Å². The second-order valence-electron chi connectivity index (χ2n) is 4.01. The Balaban J connectivity index is 2.68. The summed E-state index contributed by atoms with van der Waals surface area (Å²) in [5.41, 5.74) is -0.143. The third kappa shape index (κ3) is 3.34. The maximum absolute atomic E-state index is 12.7. The summed E-state index contributed by atoms with van der Waals surface area (Å²) in [6.07, 6.45) is 0. The lowest BCUT2D eigenvalue weighted by Gasteiger charge is -2.18. The van der Waals surface area contributed by atoms with Crippen molar-refractivity contribution in [3.8, 4) is 5.75 Å². The third-order valence-corrected chi connectivity index (χ3v) is 1.72. The van der Waals surface area contributed by atoms with Crippen LogP contribution in [-0.2, 0) is 0 Å². The molecule has 0 aliphatic carbocycles. The first-order valence-electron chi connectivity index (χ1n) is 4.50. The van der Waals surface area contributed by atoms with Crippen LogP contribution in [-0.4, -0.2) is 17.3 Å². The lowest BCUT2D eigenvalue weighted by molar-refractivity contribution is 0.0282. The Bertz CT molecular complexity index is 316. The zero-order chi connectivity index (χ0) is 10.8. The number of halogens is 1. The predicted octanol–water partition coefficient (Wildman–Crippen LogP) is 2.28. The molecule has 1 N–H and O–H groups in total. The average molecular weight is 198 g/mol. The summed E-state index contributed by atoms with van der Waals surface area (Å²) in [7, 11) is 0. The minimum atomic E-state index is -0.874. The minimum absolute atomic E-state index is 0.194. The van der Waals surface area contributed by atoms with Gasteiger partial charge in [0.2, 0.25) is 0 Å². The molecular weight excluding hydrogens is 183 g/mol. The quantitative estimate of drug-likeness (QED) is 0.807. The van der Waals surface area contributed by atoms with Crippen molar-refractivity contribution in [2.45, 2.75) is 26.4 Å². The Kier molecular flexibility index (Phi) is 3.11. The smallest absolute Gasteiger partial charge is 0.123 e. The first-order chi connectivity index (χ1) is 6.38. The Morgan fingerprint density at radius 2 is 2.07 bits per heavy atom. The van der Waals surface area contributed by atoms with E-state index in [1.807, 2.05) is 0 Å². The van der Waals surface area contributed by atoms with Crippen molar-refractivity contribution in [1.29, 1.82) is 0 Å². The van der Waals surface area contributed by atoms with Crippen LogP contribution in [0.5, 0.6) is 5.75 Å². The fourth-order valence-corrected chi connectivity index (χ4v) is 1.03. The van der Waals surface area contributed by atoms with Gasteiger partial charge in [0.1, 0.15) is 18.2 Å². The summed E-state index contributed by atoms with van der Waals surface area (Å²) in [5, 5.41) is 9.43. The summed E-state index contributed by atoms with van der Waals surface area (Å²) >= 11 is 0. The van der Waals surface area contributed by atoms with E-state index < -0.39 is 5.60 Å². The Morgan fingerprint density at radius 1 is 1.43 bits per heavy atom. The zero-order valence-electron chi connectivity index (χ0n) is 8.67. The van der Waals surface area contributed by atoms with Crippen LogP contribution in [0, 0.1) is 12.7 Å². The Labute approximate surface area is 83.3 Å². The standard InChI is InChI=1S/C11H15FO2/c1-8-6-9(12)4-5-10(8)14-7-11(2,3)13/h4-6,13H,7H2,1-3H3. The van der Waals surface area contributed by atoms with Gasteiger partial charge >= 0.3 is 0 Å². The lowest BCUT2D eigenvalue weighted by atomic mass is 10.1. The average Bonchev–Trinajstić information content (AvgIpc) is 2.00. The molecule has 0 spiro atoms. The molecule has 0 amide bonds. The molecule has 1 rings (SSSR count). The van der Waals surface area contributed by atoms with Gasteiger partial charge in [0.05, 0.1) is 5.60 Å². The Hall–Kier alpha value is -1.09. The van der Waals surface area contributed by atoms with Crippen LogP contribution in [0.2, 0.25) is 0 Å². The molecule has 2 nitrogen and oxygen atoms in total. The van der Waals surface area contributed by atoms with E-state index in [-0.39, 0.29) is 12.4 Å². The van der Waals surface area contributed by atoms with Crippen molar-refractivity contribution in [3.63, 3.8) is 0 Å². The molecule has 0 bridgehead atoms. The van der Waals surface area contributed by atoms with Gasteiger partial charge in [0.25, 0.3) is 0 Å². The van der Waals surface area contributed by atoms with Gasteiger partial charge in [-0.25, -0.2) is 4.39 Å². The summed E-state index contributed by atoms with van der Waals surface area (Å²) in [4.78, 5) is 0. The highest BCUT2D eigenvalue weighted by atomic mass is 19.1. The number of aryl methyl sites for hydroxylation is 1. The van der Waals surface area contributed by atoms with Crippen molar-refractivity contribution in [2.75, 3.05) is 6.61 Å². The molecule has 0 unspecified atom stereocenters. The monoisotopic (exact) mass is 198 g/mol. The van der Waals surface area contributed by atoms with Crippen molar-refractivity contribution >= 4 is 0 Å². The molecular formula is C11H15FO2. The van der Waals surface area contributed by atoms with Gasteiger partial charge in [-0.1, -0.05) is 0 Å². The van der Waals surface area contributed by atoms with Crippen LogP contribution in [0.25, 0.3) is 0 Å². The number of benzene rings is 1. The van der Waals surface area contributed by atoms with E-state index >= 15 is 0 Å². The molecule has 0 aliphatic rings. The largest absolute Gasteiger partial charge is 0.490 e. The van der Waals surface area contributed by atoms with Crippen LogP contribution in [0.15, 0.2) is 18.2 Å². The molecule has 0 aromatic heterocycles. The molecule has 0 atom stereocenters. The fourth-order valence-electron chi connectivity index (χ4n) is 1.03. The first-order valence-corrected chi connectivity index (χ1v) is 4.50. The first kappa shape index (κ1) is 11.0. The van der Waals surface area contributed by atoms with Crippen LogP contribution < -0.4 is 4.74 Å². The van der Waals surface area contributed by atoms with Crippen molar-refractivity contribution in [2.24, 2.45) is 0 Å². The molecule has 0 aliphatic heterocycles. The van der Waals surface area contributed by atoms with Crippen LogP contribution in [0.1, 0.15) is 19.4 Å². The van der Waals surface area contributed by atoms with E-state index in [0.717, 1.165) is 5.56 Å². The third-order valence-electron chi connectivity index (χ3n) is 1.72. The van der Waals surface area contributed by atoms with E-state index in [2.05, 4.69) is 0 Å². The van der Waals surface area contributed by atoms with Gasteiger partial charge in [-0.2, -0.15) is 0 Å². The molecule has 0 heterocycles. The second-order valence-corrected chi connectivity index (χ2v) is 4.01. The number of ether oxygens (including phenoxy) is 1. The van der Waals surface area contributed by atoms with Crippen molar-refractivity contribution in [1.82, 2.24) is 0 Å². The minimum Gasteiger partial charge on any atom is -0.490 e. The number of hydrogen-bond acceptors (Lipinski definition) is 2. The molecule has 3 heteroatoms. The molecule has 0 radical (unpaired) electrons. The lowest BCUT2D eigenvalue weighted by Crippen LogP contribution is -2.28. The van der Waals surface area contributed by atoms with E-state index in [1.165, 1.54) is 12.1 Å². The van der Waals surface area contributed by atoms with E-state index in [9.17, 15) is 9.50 Å². The van der Waals surface area contributed by atoms with Crippen LogP contribution >= 0.6 is 0 Å². The second kappa shape index (κ2) is 3.96.